The van der Waals surface area contributed by atoms with Crippen molar-refractivity contribution in [2.45, 2.75) is 66.8 Å². The summed E-state index contributed by atoms with van der Waals surface area (Å²) in [7, 11) is 0. The quantitative estimate of drug-likeness (QED) is 0.737. The van der Waals surface area contributed by atoms with Crippen molar-refractivity contribution in [2.24, 2.45) is 11.3 Å². The van der Waals surface area contributed by atoms with Crippen LogP contribution in [0.5, 0.6) is 0 Å². The van der Waals surface area contributed by atoms with E-state index in [1.54, 1.807) is 0 Å². The summed E-state index contributed by atoms with van der Waals surface area (Å²) in [5.41, 5.74) is 3.19. The Balaban J connectivity index is 2.79. The highest BCUT2D eigenvalue weighted by Gasteiger charge is 2.28. The van der Waals surface area contributed by atoms with Gasteiger partial charge in [0, 0.05) is 12.6 Å². The molecule has 0 amide bonds. The van der Waals surface area contributed by atoms with Crippen molar-refractivity contribution in [2.75, 3.05) is 6.54 Å². The molecule has 20 heavy (non-hydrogen) atoms. The van der Waals surface area contributed by atoms with Crippen LogP contribution < -0.4 is 5.32 Å². The molecule has 0 radical (unpaired) electrons. The molecule has 0 fully saturated rings. The zero-order chi connectivity index (χ0) is 15.3. The highest BCUT2D eigenvalue weighted by atomic mass is 14.9. The molecule has 1 heteroatoms. The molecule has 0 spiro atoms. The van der Waals surface area contributed by atoms with Crippen molar-refractivity contribution in [3.05, 3.63) is 35.4 Å². The van der Waals surface area contributed by atoms with E-state index >= 15 is 0 Å². The lowest BCUT2D eigenvalue weighted by Gasteiger charge is -2.35. The monoisotopic (exact) mass is 275 g/mol. The van der Waals surface area contributed by atoms with Crippen molar-refractivity contribution in [3.8, 4) is 0 Å². The SMILES string of the molecule is CC(C)NCC(C)(Cc1ccc(C(C)C)cc1)C(C)C. The molecule has 0 saturated carbocycles. The number of rotatable bonds is 7. The molecule has 1 rings (SSSR count). The maximum absolute atomic E-state index is 3.62. The van der Waals surface area contributed by atoms with E-state index in [4.69, 9.17) is 0 Å². The van der Waals surface area contributed by atoms with Crippen molar-refractivity contribution in [1.82, 2.24) is 5.32 Å². The lowest BCUT2D eigenvalue weighted by molar-refractivity contribution is 0.202. The topological polar surface area (TPSA) is 12.0 Å². The van der Waals surface area contributed by atoms with Gasteiger partial charge in [-0.2, -0.15) is 0 Å². The molecule has 1 nitrogen and oxygen atoms in total. The summed E-state index contributed by atoms with van der Waals surface area (Å²) in [5, 5.41) is 3.62. The summed E-state index contributed by atoms with van der Waals surface area (Å²) in [6.07, 6.45) is 1.14. The third-order valence-electron chi connectivity index (χ3n) is 4.56. The highest BCUT2D eigenvalue weighted by molar-refractivity contribution is 5.25. The normalized spacial score (nSPS) is 15.1. The van der Waals surface area contributed by atoms with Crippen LogP contribution in [0.15, 0.2) is 24.3 Å². The van der Waals surface area contributed by atoms with E-state index < -0.39 is 0 Å². The van der Waals surface area contributed by atoms with Crippen LogP contribution in [0.4, 0.5) is 0 Å². The van der Waals surface area contributed by atoms with Gasteiger partial charge in [0.15, 0.2) is 0 Å². The maximum atomic E-state index is 3.62. The van der Waals surface area contributed by atoms with Crippen molar-refractivity contribution in [3.63, 3.8) is 0 Å². The Kier molecular flexibility index (Phi) is 6.26. The average molecular weight is 275 g/mol. The molecule has 0 aliphatic carbocycles. The van der Waals surface area contributed by atoms with E-state index in [0.29, 0.717) is 23.3 Å². The molecule has 0 aliphatic heterocycles. The van der Waals surface area contributed by atoms with Crippen molar-refractivity contribution < 1.29 is 0 Å². The second-order valence-corrected chi connectivity index (χ2v) is 7.42. The third kappa shape index (κ3) is 4.94. The Morgan fingerprint density at radius 3 is 1.90 bits per heavy atom. The molecule has 0 bridgehead atoms. The number of hydrogen-bond donors (Lipinski definition) is 1. The summed E-state index contributed by atoms with van der Waals surface area (Å²) in [6, 6.07) is 9.75. The number of nitrogens with one attached hydrogen (secondary N) is 1. The van der Waals surface area contributed by atoms with Gasteiger partial charge < -0.3 is 5.32 Å². The molecule has 1 aromatic rings. The van der Waals surface area contributed by atoms with Crippen molar-refractivity contribution >= 4 is 0 Å². The molecular formula is C19H33N. The fourth-order valence-corrected chi connectivity index (χ4v) is 2.39. The Morgan fingerprint density at radius 2 is 1.50 bits per heavy atom. The predicted octanol–water partition coefficient (Wildman–Crippen LogP) is 5.01. The van der Waals surface area contributed by atoms with Gasteiger partial charge in [-0.15, -0.1) is 0 Å². The summed E-state index contributed by atoms with van der Waals surface area (Å²) < 4.78 is 0. The molecule has 0 aromatic heterocycles. The van der Waals surface area contributed by atoms with Gasteiger partial charge in [0.05, 0.1) is 0 Å². The van der Waals surface area contributed by atoms with Crippen LogP contribution in [0.3, 0.4) is 0 Å². The zero-order valence-corrected chi connectivity index (χ0v) is 14.5. The Morgan fingerprint density at radius 1 is 0.950 bits per heavy atom. The Labute approximate surface area is 126 Å². The number of hydrogen-bond acceptors (Lipinski definition) is 1. The molecule has 1 atom stereocenters. The molecule has 1 N–H and O–H groups in total. The Hall–Kier alpha value is -0.820. The van der Waals surface area contributed by atoms with Gasteiger partial charge in [-0.1, -0.05) is 72.7 Å². The maximum Gasteiger partial charge on any atom is 0.00132 e. The van der Waals surface area contributed by atoms with Crippen LogP contribution in [0.2, 0.25) is 0 Å². The van der Waals surface area contributed by atoms with Gasteiger partial charge in [0.1, 0.15) is 0 Å². The van der Waals surface area contributed by atoms with Crippen LogP contribution in [-0.2, 0) is 6.42 Å². The first-order chi connectivity index (χ1) is 9.24. The summed E-state index contributed by atoms with van der Waals surface area (Å²) >= 11 is 0. The van der Waals surface area contributed by atoms with Crippen molar-refractivity contribution in [1.29, 1.82) is 0 Å². The summed E-state index contributed by atoms with van der Waals surface area (Å²) in [4.78, 5) is 0. The van der Waals surface area contributed by atoms with Gasteiger partial charge >= 0.3 is 0 Å². The zero-order valence-electron chi connectivity index (χ0n) is 14.5. The largest absolute Gasteiger partial charge is 0.314 e. The summed E-state index contributed by atoms with van der Waals surface area (Å²) in [5.74, 6) is 1.28. The highest BCUT2D eigenvalue weighted by Crippen LogP contribution is 2.31. The minimum absolute atomic E-state index is 0.309. The van der Waals surface area contributed by atoms with Gasteiger partial charge in [-0.05, 0) is 34.8 Å². The smallest absolute Gasteiger partial charge is 0.00132 e. The van der Waals surface area contributed by atoms with E-state index in [-0.39, 0.29) is 0 Å². The first kappa shape index (κ1) is 17.2. The minimum atomic E-state index is 0.309. The van der Waals surface area contributed by atoms with Gasteiger partial charge in [0.25, 0.3) is 0 Å². The predicted molar refractivity (Wildman–Crippen MR) is 90.3 cm³/mol. The van der Waals surface area contributed by atoms with E-state index in [1.165, 1.54) is 11.1 Å². The third-order valence-corrected chi connectivity index (χ3v) is 4.56. The van der Waals surface area contributed by atoms with Crippen LogP contribution in [0.25, 0.3) is 0 Å². The fraction of sp³-hybridized carbons (Fsp3) is 0.684. The molecule has 0 saturated heterocycles. The van der Waals surface area contributed by atoms with Gasteiger partial charge in [-0.25, -0.2) is 0 Å². The lowest BCUT2D eigenvalue weighted by Crippen LogP contribution is -2.40. The molecule has 1 aromatic carbocycles. The molecule has 1 unspecified atom stereocenters. The summed E-state index contributed by atoms with van der Waals surface area (Å²) in [6.45, 7) is 17.1. The van der Waals surface area contributed by atoms with Crippen LogP contribution in [-0.4, -0.2) is 12.6 Å². The van der Waals surface area contributed by atoms with Crippen LogP contribution >= 0.6 is 0 Å². The fourth-order valence-electron chi connectivity index (χ4n) is 2.39. The first-order valence-corrected chi connectivity index (χ1v) is 8.07. The van der Waals surface area contributed by atoms with Crippen LogP contribution in [0, 0.1) is 11.3 Å². The van der Waals surface area contributed by atoms with E-state index in [1.807, 2.05) is 0 Å². The number of benzene rings is 1. The van der Waals surface area contributed by atoms with E-state index in [2.05, 4.69) is 78.0 Å². The average Bonchev–Trinajstić information content (AvgIpc) is 2.37. The molecule has 0 aliphatic rings. The molecular weight excluding hydrogens is 242 g/mol. The molecule has 114 valence electrons. The lowest BCUT2D eigenvalue weighted by atomic mass is 9.74. The second-order valence-electron chi connectivity index (χ2n) is 7.42. The van der Waals surface area contributed by atoms with E-state index in [9.17, 15) is 0 Å². The van der Waals surface area contributed by atoms with E-state index in [0.717, 1.165) is 13.0 Å². The van der Waals surface area contributed by atoms with Gasteiger partial charge in [0.2, 0.25) is 0 Å². The first-order valence-electron chi connectivity index (χ1n) is 8.07. The van der Waals surface area contributed by atoms with Gasteiger partial charge in [-0.3, -0.25) is 0 Å². The van der Waals surface area contributed by atoms with Crippen LogP contribution in [0.1, 0.15) is 65.5 Å². The Bertz CT molecular complexity index is 389. The second kappa shape index (κ2) is 7.26. The molecule has 0 heterocycles. The minimum Gasteiger partial charge on any atom is -0.314 e. The standard InChI is InChI=1S/C19H33N/c1-14(2)18-10-8-17(9-11-18)12-19(7,15(3)4)13-20-16(5)6/h8-11,14-16,20H,12-13H2,1-7H3.